The quantitative estimate of drug-likeness (QED) is 0.630. The van der Waals surface area contributed by atoms with Crippen molar-refractivity contribution in [3.05, 3.63) is 0 Å². The first-order valence-electron chi connectivity index (χ1n) is 4.45. The molecule has 70 valence electrons. The Kier molecular flexibility index (Phi) is 3.34. The summed E-state index contributed by atoms with van der Waals surface area (Å²) in [6.45, 7) is 3.52. The van der Waals surface area contributed by atoms with Gasteiger partial charge in [0.25, 0.3) is 0 Å². The largest absolute Gasteiger partial charge is 0.431 e. The van der Waals surface area contributed by atoms with Gasteiger partial charge in [-0.1, -0.05) is 6.92 Å². The molecule has 4 nitrogen and oxygen atoms in total. The van der Waals surface area contributed by atoms with Crippen LogP contribution in [0.25, 0.3) is 0 Å². The van der Waals surface area contributed by atoms with Gasteiger partial charge in [-0.3, -0.25) is 5.73 Å². The van der Waals surface area contributed by atoms with E-state index in [0.29, 0.717) is 6.42 Å². The van der Waals surface area contributed by atoms with Gasteiger partial charge in [-0.2, -0.15) is 0 Å². The molecule has 1 unspecified atom stereocenters. The summed E-state index contributed by atoms with van der Waals surface area (Å²) in [5.41, 5.74) is 5.47. The molecule has 4 heteroatoms. The first kappa shape index (κ1) is 9.32. The number of nitrogens with two attached hydrogens (primary N) is 1. The molecule has 1 fully saturated rings. The molecule has 0 aliphatic carbocycles. The highest BCUT2D eigenvalue weighted by molar-refractivity contribution is 5.68. The fourth-order valence-corrected chi connectivity index (χ4v) is 1.19. The minimum Gasteiger partial charge on any atom is -0.431 e. The molecule has 0 radical (unpaired) electrons. The fraction of sp³-hybridized carbons (Fsp3) is 0.875. The Morgan fingerprint density at radius 2 is 2.17 bits per heavy atom. The minimum atomic E-state index is -0.446. The van der Waals surface area contributed by atoms with Crippen molar-refractivity contribution < 1.29 is 9.53 Å². The molecular formula is C8H16N2O2. The Morgan fingerprint density at radius 3 is 2.67 bits per heavy atom. The molecule has 0 spiro atoms. The standard InChI is InChI=1S/C8H16N2O2/c1-2-7(9)12-8(11)10-5-3-4-6-10/h7H,2-6,9H2,1H3. The lowest BCUT2D eigenvalue weighted by molar-refractivity contribution is 0.0696. The van der Waals surface area contributed by atoms with Gasteiger partial charge in [0.15, 0.2) is 6.23 Å². The molecule has 1 amide bonds. The van der Waals surface area contributed by atoms with Crippen molar-refractivity contribution in [2.24, 2.45) is 5.73 Å². The second-order valence-electron chi connectivity index (χ2n) is 3.02. The molecule has 0 aromatic carbocycles. The second-order valence-corrected chi connectivity index (χ2v) is 3.02. The number of amides is 1. The Hall–Kier alpha value is -0.770. The van der Waals surface area contributed by atoms with E-state index >= 15 is 0 Å². The lowest BCUT2D eigenvalue weighted by atomic mass is 10.4. The smallest absolute Gasteiger partial charge is 0.411 e. The Balaban J connectivity index is 2.27. The van der Waals surface area contributed by atoms with Crippen LogP contribution in [0.5, 0.6) is 0 Å². The summed E-state index contributed by atoms with van der Waals surface area (Å²) in [6.07, 6.45) is 2.12. The minimum absolute atomic E-state index is 0.262. The fourth-order valence-electron chi connectivity index (χ4n) is 1.19. The van der Waals surface area contributed by atoms with Crippen molar-refractivity contribution in [1.29, 1.82) is 0 Å². The number of ether oxygens (including phenoxy) is 1. The van der Waals surface area contributed by atoms with E-state index < -0.39 is 6.23 Å². The molecular weight excluding hydrogens is 156 g/mol. The molecule has 1 aliphatic rings. The summed E-state index contributed by atoms with van der Waals surface area (Å²) in [5, 5.41) is 0. The maximum Gasteiger partial charge on any atom is 0.411 e. The van der Waals surface area contributed by atoms with E-state index in [-0.39, 0.29) is 6.09 Å². The maximum atomic E-state index is 11.2. The third-order valence-corrected chi connectivity index (χ3v) is 2.02. The van der Waals surface area contributed by atoms with Crippen molar-refractivity contribution in [3.63, 3.8) is 0 Å². The number of rotatable bonds is 2. The Labute approximate surface area is 72.7 Å². The van der Waals surface area contributed by atoms with Crippen LogP contribution in [0.1, 0.15) is 26.2 Å². The summed E-state index contributed by atoms with van der Waals surface area (Å²) >= 11 is 0. The van der Waals surface area contributed by atoms with Gasteiger partial charge in [0.2, 0.25) is 0 Å². The molecule has 1 heterocycles. The van der Waals surface area contributed by atoms with Crippen LogP contribution >= 0.6 is 0 Å². The highest BCUT2D eigenvalue weighted by Crippen LogP contribution is 2.09. The van der Waals surface area contributed by atoms with Crippen molar-refractivity contribution >= 4 is 6.09 Å². The second kappa shape index (κ2) is 4.30. The predicted octanol–water partition coefficient (Wildman–Crippen LogP) is 0.914. The van der Waals surface area contributed by atoms with E-state index in [9.17, 15) is 4.79 Å². The van der Waals surface area contributed by atoms with Crippen LogP contribution in [0.4, 0.5) is 4.79 Å². The predicted molar refractivity (Wildman–Crippen MR) is 45.6 cm³/mol. The number of hydrogen-bond donors (Lipinski definition) is 1. The average molecular weight is 172 g/mol. The van der Waals surface area contributed by atoms with Gasteiger partial charge in [-0.25, -0.2) is 4.79 Å². The van der Waals surface area contributed by atoms with E-state index in [1.54, 1.807) is 4.90 Å². The Morgan fingerprint density at radius 1 is 1.58 bits per heavy atom. The SMILES string of the molecule is CCC(N)OC(=O)N1CCCC1. The molecule has 0 aromatic heterocycles. The van der Waals surface area contributed by atoms with Gasteiger partial charge in [-0.15, -0.1) is 0 Å². The van der Waals surface area contributed by atoms with Gasteiger partial charge in [0, 0.05) is 13.1 Å². The summed E-state index contributed by atoms with van der Waals surface area (Å²) in [6, 6.07) is 0. The first-order chi connectivity index (χ1) is 5.74. The van der Waals surface area contributed by atoms with Gasteiger partial charge in [0.1, 0.15) is 0 Å². The highest BCUT2D eigenvalue weighted by atomic mass is 16.6. The monoisotopic (exact) mass is 172 g/mol. The van der Waals surface area contributed by atoms with Crippen LogP contribution in [-0.2, 0) is 4.74 Å². The molecule has 0 aromatic rings. The number of nitrogens with zero attached hydrogens (tertiary/aromatic N) is 1. The van der Waals surface area contributed by atoms with Gasteiger partial charge >= 0.3 is 6.09 Å². The molecule has 0 bridgehead atoms. The van der Waals surface area contributed by atoms with Crippen LogP contribution in [-0.4, -0.2) is 30.3 Å². The van der Waals surface area contributed by atoms with Gasteiger partial charge < -0.3 is 9.64 Å². The average Bonchev–Trinajstić information content (AvgIpc) is 2.56. The number of carbonyl (C=O) groups is 1. The van der Waals surface area contributed by atoms with E-state index in [0.717, 1.165) is 25.9 Å². The summed E-state index contributed by atoms with van der Waals surface area (Å²) in [7, 11) is 0. The van der Waals surface area contributed by atoms with Crippen LogP contribution in [0, 0.1) is 0 Å². The first-order valence-corrected chi connectivity index (χ1v) is 4.45. The molecule has 1 atom stereocenters. The third kappa shape index (κ3) is 2.37. The van der Waals surface area contributed by atoms with E-state index in [4.69, 9.17) is 10.5 Å². The zero-order chi connectivity index (χ0) is 8.97. The van der Waals surface area contributed by atoms with E-state index in [1.165, 1.54) is 0 Å². The van der Waals surface area contributed by atoms with Crippen molar-refractivity contribution in [2.75, 3.05) is 13.1 Å². The lowest BCUT2D eigenvalue weighted by Crippen LogP contribution is -2.35. The molecule has 1 rings (SSSR count). The lowest BCUT2D eigenvalue weighted by Gasteiger charge is -2.18. The molecule has 1 saturated heterocycles. The zero-order valence-electron chi connectivity index (χ0n) is 7.45. The molecule has 0 saturated carbocycles. The van der Waals surface area contributed by atoms with Gasteiger partial charge in [-0.05, 0) is 19.3 Å². The van der Waals surface area contributed by atoms with Crippen LogP contribution < -0.4 is 5.73 Å². The maximum absolute atomic E-state index is 11.2. The third-order valence-electron chi connectivity index (χ3n) is 2.02. The number of carbonyl (C=O) groups excluding carboxylic acids is 1. The number of hydrogen-bond acceptors (Lipinski definition) is 3. The normalized spacial score (nSPS) is 19.3. The van der Waals surface area contributed by atoms with E-state index in [2.05, 4.69) is 0 Å². The van der Waals surface area contributed by atoms with Crippen molar-refractivity contribution in [1.82, 2.24) is 4.90 Å². The van der Waals surface area contributed by atoms with Crippen molar-refractivity contribution in [3.8, 4) is 0 Å². The highest BCUT2D eigenvalue weighted by Gasteiger charge is 2.20. The molecule has 12 heavy (non-hydrogen) atoms. The summed E-state index contributed by atoms with van der Waals surface area (Å²) in [5.74, 6) is 0. The molecule has 1 aliphatic heterocycles. The molecule has 2 N–H and O–H groups in total. The van der Waals surface area contributed by atoms with Gasteiger partial charge in [0.05, 0.1) is 0 Å². The van der Waals surface area contributed by atoms with Crippen LogP contribution in [0.3, 0.4) is 0 Å². The van der Waals surface area contributed by atoms with E-state index in [1.807, 2.05) is 6.92 Å². The summed E-state index contributed by atoms with van der Waals surface area (Å²) < 4.78 is 4.95. The van der Waals surface area contributed by atoms with Crippen LogP contribution in [0.15, 0.2) is 0 Å². The topological polar surface area (TPSA) is 55.6 Å². The number of likely N-dealkylation sites (tertiary alicyclic amines) is 1. The Bertz CT molecular complexity index is 155. The van der Waals surface area contributed by atoms with Crippen molar-refractivity contribution in [2.45, 2.75) is 32.4 Å². The van der Waals surface area contributed by atoms with Crippen LogP contribution in [0.2, 0.25) is 0 Å². The zero-order valence-corrected chi connectivity index (χ0v) is 7.45. The summed E-state index contributed by atoms with van der Waals surface area (Å²) in [4.78, 5) is 12.9.